The number of carbonyl (C=O) groups excluding carboxylic acids is 1. The van der Waals surface area contributed by atoms with E-state index in [2.05, 4.69) is 15.5 Å². The summed E-state index contributed by atoms with van der Waals surface area (Å²) in [6.07, 6.45) is 1.53. The van der Waals surface area contributed by atoms with Crippen LogP contribution in [0.2, 0.25) is 0 Å². The molecular formula is C13H13F3N4OS. The number of anilines is 1. The molecule has 2 aromatic rings. The van der Waals surface area contributed by atoms with Gasteiger partial charge in [-0.1, -0.05) is 11.8 Å². The molecule has 2 rings (SSSR count). The molecule has 0 radical (unpaired) electrons. The van der Waals surface area contributed by atoms with Gasteiger partial charge in [0.05, 0.1) is 10.9 Å². The van der Waals surface area contributed by atoms with Crippen molar-refractivity contribution in [2.75, 3.05) is 5.32 Å². The molecule has 9 heteroatoms. The first kappa shape index (κ1) is 16.3. The molecule has 22 heavy (non-hydrogen) atoms. The van der Waals surface area contributed by atoms with E-state index in [0.717, 1.165) is 23.9 Å². The van der Waals surface area contributed by atoms with Gasteiger partial charge in [-0.2, -0.15) is 0 Å². The number of benzene rings is 1. The van der Waals surface area contributed by atoms with E-state index in [1.807, 2.05) is 6.92 Å². The van der Waals surface area contributed by atoms with Crippen LogP contribution in [0.1, 0.15) is 13.8 Å². The van der Waals surface area contributed by atoms with Crippen LogP contribution in [0.25, 0.3) is 0 Å². The Morgan fingerprint density at radius 2 is 2.09 bits per heavy atom. The molecule has 1 aromatic carbocycles. The fraction of sp³-hybridized carbons (Fsp3) is 0.308. The van der Waals surface area contributed by atoms with Crippen LogP contribution in [0.3, 0.4) is 0 Å². The van der Waals surface area contributed by atoms with Crippen LogP contribution in [0.4, 0.5) is 18.9 Å². The van der Waals surface area contributed by atoms with Crippen molar-refractivity contribution >= 4 is 23.4 Å². The number of nitrogens with one attached hydrogen (secondary N) is 1. The second-order valence-corrected chi connectivity index (χ2v) is 5.68. The number of thioether (sulfide) groups is 1. The Morgan fingerprint density at radius 1 is 1.36 bits per heavy atom. The van der Waals surface area contributed by atoms with Crippen LogP contribution < -0.4 is 5.32 Å². The summed E-state index contributed by atoms with van der Waals surface area (Å²) in [5.41, 5.74) is -0.409. The minimum Gasteiger partial charge on any atom is -0.323 e. The Balaban J connectivity index is 2.07. The molecule has 0 spiro atoms. The molecule has 5 nitrogen and oxygen atoms in total. The topological polar surface area (TPSA) is 59.8 Å². The molecule has 0 saturated carbocycles. The molecule has 1 amide bonds. The van der Waals surface area contributed by atoms with Gasteiger partial charge in [-0.05, 0) is 26.0 Å². The molecule has 1 heterocycles. The molecule has 0 bridgehead atoms. The van der Waals surface area contributed by atoms with Gasteiger partial charge in [0.25, 0.3) is 0 Å². The number of halogens is 3. The van der Waals surface area contributed by atoms with E-state index >= 15 is 0 Å². The molecular weight excluding hydrogens is 317 g/mol. The van der Waals surface area contributed by atoms with Crippen molar-refractivity contribution in [3.8, 4) is 0 Å². The van der Waals surface area contributed by atoms with Crippen molar-refractivity contribution in [1.29, 1.82) is 0 Å². The van der Waals surface area contributed by atoms with Gasteiger partial charge >= 0.3 is 0 Å². The first-order chi connectivity index (χ1) is 10.4. The Morgan fingerprint density at radius 3 is 2.77 bits per heavy atom. The fourth-order valence-electron chi connectivity index (χ4n) is 1.62. The van der Waals surface area contributed by atoms with Crippen LogP contribution >= 0.6 is 11.8 Å². The lowest BCUT2D eigenvalue weighted by Gasteiger charge is -2.12. The summed E-state index contributed by atoms with van der Waals surface area (Å²) >= 11 is 1.13. The summed E-state index contributed by atoms with van der Waals surface area (Å²) in [6, 6.07) is 1.72. The zero-order chi connectivity index (χ0) is 16.3. The summed E-state index contributed by atoms with van der Waals surface area (Å²) in [4.78, 5) is 12.0. The lowest BCUT2D eigenvalue weighted by atomic mass is 10.2. The van der Waals surface area contributed by atoms with Crippen molar-refractivity contribution in [2.24, 2.45) is 0 Å². The van der Waals surface area contributed by atoms with Crippen LogP contribution in [-0.2, 0) is 11.3 Å². The number of carbonyl (C=O) groups is 1. The number of nitrogens with zero attached hydrogens (tertiary/aromatic N) is 3. The summed E-state index contributed by atoms with van der Waals surface area (Å²) in [5, 5.41) is 9.75. The zero-order valence-electron chi connectivity index (χ0n) is 11.8. The average molecular weight is 330 g/mol. The maximum Gasteiger partial charge on any atom is 0.237 e. The minimum atomic E-state index is -1.62. The normalized spacial score (nSPS) is 12.2. The maximum absolute atomic E-state index is 13.5. The van der Waals surface area contributed by atoms with Gasteiger partial charge in [-0.3, -0.25) is 4.79 Å². The second kappa shape index (κ2) is 6.82. The largest absolute Gasteiger partial charge is 0.323 e. The first-order valence-corrected chi connectivity index (χ1v) is 7.30. The van der Waals surface area contributed by atoms with E-state index in [-0.39, 0.29) is 0 Å². The molecule has 0 unspecified atom stereocenters. The zero-order valence-corrected chi connectivity index (χ0v) is 12.6. The van der Waals surface area contributed by atoms with E-state index in [4.69, 9.17) is 0 Å². The van der Waals surface area contributed by atoms with Crippen molar-refractivity contribution in [3.05, 3.63) is 35.9 Å². The monoisotopic (exact) mass is 330 g/mol. The highest BCUT2D eigenvalue weighted by molar-refractivity contribution is 8.00. The number of aromatic nitrogens is 3. The molecule has 0 aliphatic heterocycles. The highest BCUT2D eigenvalue weighted by Crippen LogP contribution is 2.24. The van der Waals surface area contributed by atoms with Crippen molar-refractivity contribution in [2.45, 2.75) is 30.8 Å². The molecule has 0 aliphatic rings. The van der Waals surface area contributed by atoms with Gasteiger partial charge in [-0.25, -0.2) is 13.2 Å². The van der Waals surface area contributed by atoms with Crippen molar-refractivity contribution < 1.29 is 18.0 Å². The van der Waals surface area contributed by atoms with Crippen LogP contribution in [0.15, 0.2) is 23.6 Å². The summed E-state index contributed by atoms with van der Waals surface area (Å²) in [7, 11) is 0. The number of rotatable bonds is 5. The molecule has 0 aliphatic carbocycles. The Bertz CT molecular complexity index is 692. The first-order valence-electron chi connectivity index (χ1n) is 6.42. The molecule has 0 saturated heterocycles. The number of amides is 1. The standard InChI is InChI=1S/C13H13F3N4OS/c1-3-20-6-17-19-13(20)22-7(2)12(21)18-9-5-4-8(14)10(15)11(9)16/h4-7H,3H2,1-2H3,(H,18,21)/t7-/m1/s1. The Hall–Kier alpha value is -2.03. The van der Waals surface area contributed by atoms with E-state index in [9.17, 15) is 18.0 Å². The van der Waals surface area contributed by atoms with Gasteiger partial charge in [-0.15, -0.1) is 10.2 Å². The van der Waals surface area contributed by atoms with Gasteiger partial charge in [0, 0.05) is 6.54 Å². The lowest BCUT2D eigenvalue weighted by molar-refractivity contribution is -0.115. The van der Waals surface area contributed by atoms with Gasteiger partial charge in [0.1, 0.15) is 6.33 Å². The third-order valence-electron chi connectivity index (χ3n) is 2.87. The molecule has 1 aromatic heterocycles. The smallest absolute Gasteiger partial charge is 0.237 e. The van der Waals surface area contributed by atoms with E-state index in [1.165, 1.54) is 6.33 Å². The third-order valence-corrected chi connectivity index (χ3v) is 3.96. The number of hydrogen-bond donors (Lipinski definition) is 1. The predicted octanol–water partition coefficient (Wildman–Crippen LogP) is 2.83. The Labute approximate surface area is 128 Å². The summed E-state index contributed by atoms with van der Waals surface area (Å²) in [6.45, 7) is 4.13. The molecule has 118 valence electrons. The minimum absolute atomic E-state index is 0.409. The predicted molar refractivity (Wildman–Crippen MR) is 76.0 cm³/mol. The lowest BCUT2D eigenvalue weighted by Crippen LogP contribution is -2.23. The molecule has 1 atom stereocenters. The number of hydrogen-bond acceptors (Lipinski definition) is 4. The summed E-state index contributed by atoms with van der Waals surface area (Å²) < 4.78 is 41.2. The highest BCUT2D eigenvalue weighted by Gasteiger charge is 2.20. The van der Waals surface area contributed by atoms with Gasteiger partial charge in [0.15, 0.2) is 22.6 Å². The van der Waals surface area contributed by atoms with E-state index in [1.54, 1.807) is 11.5 Å². The Kier molecular flexibility index (Phi) is 5.07. The van der Waals surface area contributed by atoms with Crippen LogP contribution in [0, 0.1) is 17.5 Å². The third kappa shape index (κ3) is 3.41. The van der Waals surface area contributed by atoms with Gasteiger partial charge in [0.2, 0.25) is 5.91 Å². The molecule has 1 N–H and O–H groups in total. The van der Waals surface area contributed by atoms with Gasteiger partial charge < -0.3 is 9.88 Å². The second-order valence-electron chi connectivity index (χ2n) is 4.37. The van der Waals surface area contributed by atoms with E-state index < -0.39 is 34.3 Å². The average Bonchev–Trinajstić information content (AvgIpc) is 2.94. The maximum atomic E-state index is 13.5. The van der Waals surface area contributed by atoms with Crippen LogP contribution in [-0.4, -0.2) is 25.9 Å². The SMILES string of the molecule is CCn1cnnc1S[C@H](C)C(=O)Nc1ccc(F)c(F)c1F. The highest BCUT2D eigenvalue weighted by atomic mass is 32.2. The quantitative estimate of drug-likeness (QED) is 0.676. The van der Waals surface area contributed by atoms with E-state index in [0.29, 0.717) is 11.7 Å². The number of aryl methyl sites for hydroxylation is 1. The fourth-order valence-corrected chi connectivity index (χ4v) is 2.51. The van der Waals surface area contributed by atoms with Crippen LogP contribution in [0.5, 0.6) is 0 Å². The van der Waals surface area contributed by atoms with Crippen molar-refractivity contribution in [1.82, 2.24) is 14.8 Å². The van der Waals surface area contributed by atoms with Crippen molar-refractivity contribution in [3.63, 3.8) is 0 Å². The molecule has 0 fully saturated rings. The summed E-state index contributed by atoms with van der Waals surface area (Å²) in [5.74, 6) is -4.92.